The van der Waals surface area contributed by atoms with Gasteiger partial charge in [0.1, 0.15) is 12.7 Å². The predicted molar refractivity (Wildman–Crippen MR) is 61.2 cm³/mol. The Morgan fingerprint density at radius 2 is 2.28 bits per heavy atom. The number of aromatic nitrogens is 2. The summed E-state index contributed by atoms with van der Waals surface area (Å²) >= 11 is 0. The second kappa shape index (κ2) is 4.73. The molecule has 0 amide bonds. The van der Waals surface area contributed by atoms with Crippen molar-refractivity contribution in [3.63, 3.8) is 0 Å². The lowest BCUT2D eigenvalue weighted by atomic mass is 10.0. The van der Waals surface area contributed by atoms with Crippen LogP contribution in [0.3, 0.4) is 0 Å². The van der Waals surface area contributed by atoms with Crippen LogP contribution in [0.15, 0.2) is 6.20 Å². The van der Waals surface area contributed by atoms with E-state index in [1.165, 1.54) is 10.8 Å². The van der Waals surface area contributed by atoms with Gasteiger partial charge < -0.3 is 15.2 Å². The van der Waals surface area contributed by atoms with Gasteiger partial charge in [-0.05, 0) is 4.92 Å². The zero-order chi connectivity index (χ0) is 13.3. The summed E-state index contributed by atoms with van der Waals surface area (Å²) in [7, 11) is 0. The summed E-state index contributed by atoms with van der Waals surface area (Å²) in [6.07, 6.45) is 1.24. The molecule has 18 heavy (non-hydrogen) atoms. The number of aliphatic carboxylic acids is 1. The van der Waals surface area contributed by atoms with Gasteiger partial charge in [0.25, 0.3) is 0 Å². The molecule has 0 atom stereocenters. The van der Waals surface area contributed by atoms with E-state index in [9.17, 15) is 14.9 Å². The monoisotopic (exact) mass is 254 g/mol. The molecule has 1 aliphatic rings. The molecule has 8 heteroatoms. The molecule has 0 aliphatic carbocycles. The molecule has 0 aromatic carbocycles. The van der Waals surface area contributed by atoms with Crippen LogP contribution in [0.2, 0.25) is 0 Å². The van der Waals surface area contributed by atoms with Crippen molar-refractivity contribution in [2.75, 3.05) is 19.6 Å². The lowest BCUT2D eigenvalue weighted by Crippen LogP contribution is -2.51. The molecule has 0 radical (unpaired) electrons. The van der Waals surface area contributed by atoms with E-state index in [0.717, 1.165) is 0 Å². The minimum atomic E-state index is -0.781. The van der Waals surface area contributed by atoms with E-state index in [0.29, 0.717) is 32.0 Å². The molecule has 0 spiro atoms. The summed E-state index contributed by atoms with van der Waals surface area (Å²) in [6, 6.07) is 0. The van der Waals surface area contributed by atoms with Crippen LogP contribution in [0.25, 0.3) is 0 Å². The minimum absolute atomic E-state index is 0.0252. The van der Waals surface area contributed by atoms with Crippen LogP contribution >= 0.6 is 0 Å². The molecule has 1 saturated heterocycles. The molecule has 1 N–H and O–H groups in total. The number of nitro groups is 1. The van der Waals surface area contributed by atoms with Crippen molar-refractivity contribution in [1.29, 1.82) is 0 Å². The highest BCUT2D eigenvalue weighted by Gasteiger charge is 2.32. The molecular weight excluding hydrogens is 240 g/mol. The van der Waals surface area contributed by atoms with E-state index < -0.39 is 10.9 Å². The molecule has 1 fully saturated rings. The zero-order valence-corrected chi connectivity index (χ0v) is 9.94. The number of likely N-dealkylation sites (tertiary alicyclic amines) is 1. The maximum atomic E-state index is 10.8. The summed E-state index contributed by atoms with van der Waals surface area (Å²) in [5, 5.41) is 19.5. The number of rotatable bonds is 5. The molecule has 1 aliphatic heterocycles. The molecule has 8 nitrogen and oxygen atoms in total. The maximum absolute atomic E-state index is 10.8. The van der Waals surface area contributed by atoms with Gasteiger partial charge in [0.15, 0.2) is 5.82 Å². The van der Waals surface area contributed by atoms with Gasteiger partial charge in [0.2, 0.25) is 0 Å². The highest BCUT2D eigenvalue weighted by atomic mass is 16.6. The van der Waals surface area contributed by atoms with Crippen LogP contribution in [-0.4, -0.2) is 50.1 Å². The molecule has 1 aromatic rings. The molecular formula is C10H14N4O4. The lowest BCUT2D eigenvalue weighted by Gasteiger charge is -2.36. The number of nitrogens with zero attached hydrogens (tertiary/aromatic N) is 4. The number of hydrogen-bond donors (Lipinski definition) is 1. The van der Waals surface area contributed by atoms with Crippen LogP contribution in [0, 0.1) is 23.0 Å². The van der Waals surface area contributed by atoms with E-state index in [1.54, 1.807) is 6.92 Å². The van der Waals surface area contributed by atoms with Gasteiger partial charge in [-0.1, -0.05) is 0 Å². The third kappa shape index (κ3) is 2.33. The van der Waals surface area contributed by atoms with Gasteiger partial charge in [0, 0.05) is 26.6 Å². The van der Waals surface area contributed by atoms with E-state index in [-0.39, 0.29) is 11.7 Å². The Labute approximate surface area is 103 Å². The first-order valence-electron chi connectivity index (χ1n) is 5.60. The fourth-order valence-corrected chi connectivity index (χ4v) is 2.03. The normalized spacial score (nSPS) is 16.5. The highest BCUT2D eigenvalue weighted by molar-refractivity contribution is 5.71. The Kier molecular flexibility index (Phi) is 3.28. The van der Waals surface area contributed by atoms with Crippen molar-refractivity contribution in [2.24, 2.45) is 5.92 Å². The quantitative estimate of drug-likeness (QED) is 0.591. The Morgan fingerprint density at radius 1 is 1.61 bits per heavy atom. The third-order valence-electron chi connectivity index (χ3n) is 3.17. The zero-order valence-electron chi connectivity index (χ0n) is 9.94. The first kappa shape index (κ1) is 12.5. The summed E-state index contributed by atoms with van der Waals surface area (Å²) in [6.45, 7) is 3.78. The molecule has 2 rings (SSSR count). The average Bonchev–Trinajstić information content (AvgIpc) is 2.57. The number of aryl methyl sites for hydroxylation is 1. The number of carboxylic acid groups (broad SMARTS) is 1. The number of carboxylic acids is 1. The first-order chi connectivity index (χ1) is 8.49. The van der Waals surface area contributed by atoms with Crippen molar-refractivity contribution in [3.8, 4) is 0 Å². The molecule has 2 heterocycles. The van der Waals surface area contributed by atoms with Gasteiger partial charge >= 0.3 is 11.8 Å². The fourth-order valence-electron chi connectivity index (χ4n) is 2.03. The van der Waals surface area contributed by atoms with E-state index in [1.807, 2.05) is 4.90 Å². The molecule has 0 unspecified atom stereocenters. The van der Waals surface area contributed by atoms with Crippen molar-refractivity contribution in [2.45, 2.75) is 13.5 Å². The van der Waals surface area contributed by atoms with Crippen LogP contribution in [-0.2, 0) is 11.3 Å². The summed E-state index contributed by atoms with van der Waals surface area (Å²) in [4.78, 5) is 26.8. The summed E-state index contributed by atoms with van der Waals surface area (Å²) in [5.74, 6) is -0.514. The molecule has 98 valence electrons. The van der Waals surface area contributed by atoms with Crippen LogP contribution in [0.1, 0.15) is 5.82 Å². The van der Waals surface area contributed by atoms with Gasteiger partial charge in [0.05, 0.1) is 5.92 Å². The molecule has 1 aromatic heterocycles. The average molecular weight is 254 g/mol. The second-order valence-electron chi connectivity index (χ2n) is 4.37. The Bertz CT molecular complexity index is 478. The van der Waals surface area contributed by atoms with Gasteiger partial charge in [-0.15, -0.1) is 0 Å². The summed E-state index contributed by atoms with van der Waals surface area (Å²) in [5.41, 5.74) is 0. The first-order valence-corrected chi connectivity index (χ1v) is 5.60. The minimum Gasteiger partial charge on any atom is -0.481 e. The Balaban J connectivity index is 1.90. The summed E-state index contributed by atoms with van der Waals surface area (Å²) < 4.78 is 1.54. The van der Waals surface area contributed by atoms with Gasteiger partial charge in [-0.3, -0.25) is 9.69 Å². The van der Waals surface area contributed by atoms with Gasteiger partial charge in [-0.25, -0.2) is 9.55 Å². The Hall–Kier alpha value is -1.96. The molecule has 0 bridgehead atoms. The van der Waals surface area contributed by atoms with Crippen molar-refractivity contribution >= 4 is 11.8 Å². The maximum Gasteiger partial charge on any atom is 0.342 e. The van der Waals surface area contributed by atoms with E-state index in [2.05, 4.69) is 4.98 Å². The van der Waals surface area contributed by atoms with Gasteiger partial charge in [-0.2, -0.15) is 0 Å². The number of carbonyl (C=O) groups is 1. The lowest BCUT2D eigenvalue weighted by molar-refractivity contribution is -0.392. The Morgan fingerprint density at radius 3 is 2.83 bits per heavy atom. The van der Waals surface area contributed by atoms with Crippen LogP contribution in [0.4, 0.5) is 5.82 Å². The smallest absolute Gasteiger partial charge is 0.342 e. The van der Waals surface area contributed by atoms with Crippen molar-refractivity contribution < 1.29 is 14.8 Å². The third-order valence-corrected chi connectivity index (χ3v) is 3.17. The number of imidazole rings is 1. The second-order valence-corrected chi connectivity index (χ2v) is 4.37. The fraction of sp³-hybridized carbons (Fsp3) is 0.600. The van der Waals surface area contributed by atoms with Crippen LogP contribution in [0.5, 0.6) is 0 Å². The topological polar surface area (TPSA) is 102 Å². The van der Waals surface area contributed by atoms with Crippen LogP contribution < -0.4 is 0 Å². The van der Waals surface area contributed by atoms with Crippen molar-refractivity contribution in [1.82, 2.24) is 14.5 Å². The van der Waals surface area contributed by atoms with E-state index >= 15 is 0 Å². The SMILES string of the molecule is Cc1ncc([N+](=O)[O-])n1CCN1CC(C(=O)O)C1. The standard InChI is InChI=1S/C10H14N4O4/c1-7-11-4-9(14(17)18)13(7)3-2-12-5-8(6-12)10(15)16/h4,8H,2-3,5-6H2,1H3,(H,15,16). The van der Waals surface area contributed by atoms with E-state index in [4.69, 9.17) is 5.11 Å². The largest absolute Gasteiger partial charge is 0.481 e. The predicted octanol–water partition coefficient (Wildman–Crippen LogP) is 0.116. The van der Waals surface area contributed by atoms with Crippen molar-refractivity contribution in [3.05, 3.63) is 22.1 Å². The number of hydrogen-bond acceptors (Lipinski definition) is 5. The highest BCUT2D eigenvalue weighted by Crippen LogP contribution is 2.17. The molecule has 0 saturated carbocycles.